The molecular formula is C26H38N4O7. The van der Waals surface area contributed by atoms with Gasteiger partial charge in [0, 0.05) is 19.5 Å². The number of methoxy groups -OCH3 is 1. The Balaban J connectivity index is 1.96. The van der Waals surface area contributed by atoms with Gasteiger partial charge < -0.3 is 35.8 Å². The Kier molecular flexibility index (Phi) is 9.27. The second-order valence-corrected chi connectivity index (χ2v) is 9.96. The summed E-state index contributed by atoms with van der Waals surface area (Å²) in [4.78, 5) is 56.0. The summed E-state index contributed by atoms with van der Waals surface area (Å²) in [5.74, 6) is -2.26. The zero-order valence-corrected chi connectivity index (χ0v) is 21.6. The first kappa shape index (κ1) is 28.5. The number of carbonyl (C=O) groups excluding carboxylic acids is 4. The summed E-state index contributed by atoms with van der Waals surface area (Å²) >= 11 is 0. The monoisotopic (exact) mass is 518 g/mol. The van der Waals surface area contributed by atoms with Crippen LogP contribution in [-0.2, 0) is 30.3 Å². The maximum atomic E-state index is 14.0. The molecule has 5 N–H and O–H groups in total. The molecule has 2 aliphatic heterocycles. The van der Waals surface area contributed by atoms with E-state index in [1.54, 1.807) is 0 Å². The molecule has 11 nitrogen and oxygen atoms in total. The van der Waals surface area contributed by atoms with Crippen molar-refractivity contribution in [1.29, 1.82) is 0 Å². The van der Waals surface area contributed by atoms with Crippen molar-refractivity contribution >= 4 is 23.7 Å². The number of aliphatic hydroxyl groups excluding tert-OH is 2. The van der Waals surface area contributed by atoms with Crippen LogP contribution in [0.15, 0.2) is 30.3 Å². The van der Waals surface area contributed by atoms with E-state index in [1.807, 2.05) is 30.3 Å². The molecule has 3 amide bonds. The standard InChI is InChI=1S/C26H38N4O7/c1-16(31)20(27)23(34)29-13-7-11-19(29)22(33)30-14-8-12-26(30,15-18-9-5-4-6-10-18)25(36)28-21(17(2)32)24(35)37-3/h4-6,9-10,16-17,19-21,31-32H,7-8,11-15,27H2,1-3H3,(H,28,36)/t16-,17-,19+,20+,21+,26-/m1/s1. The van der Waals surface area contributed by atoms with Gasteiger partial charge in [-0.25, -0.2) is 4.79 Å². The summed E-state index contributed by atoms with van der Waals surface area (Å²) in [6.45, 7) is 3.41. The van der Waals surface area contributed by atoms with Crippen LogP contribution in [0.1, 0.15) is 45.1 Å². The van der Waals surface area contributed by atoms with E-state index in [9.17, 15) is 29.4 Å². The van der Waals surface area contributed by atoms with Crippen molar-refractivity contribution in [2.45, 2.75) is 81.8 Å². The number of esters is 1. The zero-order valence-electron chi connectivity index (χ0n) is 21.6. The van der Waals surface area contributed by atoms with Crippen LogP contribution in [0.25, 0.3) is 0 Å². The molecule has 0 unspecified atom stereocenters. The SMILES string of the molecule is COC(=O)[C@@H](NC(=O)[C@]1(Cc2ccccc2)CCCN1C(=O)[C@@H]1CCCN1C(=O)[C@@H](N)[C@@H](C)O)[C@@H](C)O. The van der Waals surface area contributed by atoms with Crippen LogP contribution >= 0.6 is 0 Å². The van der Waals surface area contributed by atoms with Crippen LogP contribution in [0.3, 0.4) is 0 Å². The molecular weight excluding hydrogens is 480 g/mol. The van der Waals surface area contributed by atoms with Crippen molar-refractivity contribution in [3.8, 4) is 0 Å². The molecule has 2 aliphatic rings. The first-order valence-electron chi connectivity index (χ1n) is 12.7. The largest absolute Gasteiger partial charge is 0.467 e. The van der Waals surface area contributed by atoms with Crippen molar-refractivity contribution in [3.63, 3.8) is 0 Å². The highest BCUT2D eigenvalue weighted by Gasteiger charge is 2.53. The lowest BCUT2D eigenvalue weighted by Gasteiger charge is -2.41. The number of nitrogens with one attached hydrogen (secondary N) is 1. The maximum Gasteiger partial charge on any atom is 0.331 e. The van der Waals surface area contributed by atoms with Crippen LogP contribution in [-0.4, -0.2) is 99.8 Å². The molecule has 6 atom stereocenters. The fraction of sp³-hybridized carbons (Fsp3) is 0.615. The second-order valence-electron chi connectivity index (χ2n) is 9.96. The van der Waals surface area contributed by atoms with Gasteiger partial charge in [-0.05, 0) is 45.1 Å². The van der Waals surface area contributed by atoms with E-state index in [0.29, 0.717) is 32.2 Å². The van der Waals surface area contributed by atoms with Crippen LogP contribution in [0.2, 0.25) is 0 Å². The fourth-order valence-electron chi connectivity index (χ4n) is 5.28. The van der Waals surface area contributed by atoms with Gasteiger partial charge in [-0.1, -0.05) is 30.3 Å². The number of aliphatic hydroxyl groups is 2. The van der Waals surface area contributed by atoms with Crippen molar-refractivity contribution in [1.82, 2.24) is 15.1 Å². The number of benzene rings is 1. The molecule has 2 saturated heterocycles. The van der Waals surface area contributed by atoms with Crippen LogP contribution in [0, 0.1) is 0 Å². The topological polar surface area (TPSA) is 162 Å². The molecule has 0 aromatic heterocycles. The molecule has 11 heteroatoms. The average Bonchev–Trinajstić information content (AvgIpc) is 3.54. The predicted octanol–water partition coefficient (Wildman–Crippen LogP) is -0.672. The van der Waals surface area contributed by atoms with E-state index in [1.165, 1.54) is 30.8 Å². The smallest absolute Gasteiger partial charge is 0.331 e. The second kappa shape index (κ2) is 12.0. The Bertz CT molecular complexity index is 986. The Morgan fingerprint density at radius 3 is 2.38 bits per heavy atom. The van der Waals surface area contributed by atoms with Gasteiger partial charge in [-0.3, -0.25) is 14.4 Å². The highest BCUT2D eigenvalue weighted by Crippen LogP contribution is 2.36. The quantitative estimate of drug-likeness (QED) is 0.313. The molecule has 2 fully saturated rings. The Labute approximate surface area is 216 Å². The molecule has 0 aliphatic carbocycles. The van der Waals surface area contributed by atoms with E-state index in [0.717, 1.165) is 5.56 Å². The minimum Gasteiger partial charge on any atom is -0.467 e. The number of carbonyl (C=O) groups is 4. The first-order chi connectivity index (χ1) is 17.5. The predicted molar refractivity (Wildman–Crippen MR) is 134 cm³/mol. The van der Waals surface area contributed by atoms with Crippen LogP contribution in [0.5, 0.6) is 0 Å². The van der Waals surface area contributed by atoms with Crippen molar-refractivity contribution in [3.05, 3.63) is 35.9 Å². The third kappa shape index (κ3) is 5.94. The van der Waals surface area contributed by atoms with Gasteiger partial charge >= 0.3 is 5.97 Å². The zero-order chi connectivity index (χ0) is 27.3. The number of nitrogens with zero attached hydrogens (tertiary/aromatic N) is 2. The summed E-state index contributed by atoms with van der Waals surface area (Å²) in [7, 11) is 1.17. The highest BCUT2D eigenvalue weighted by molar-refractivity contribution is 5.97. The number of hydrogen-bond donors (Lipinski definition) is 4. The molecule has 1 aromatic rings. The van der Waals surface area contributed by atoms with Gasteiger partial charge in [0.1, 0.15) is 17.6 Å². The molecule has 37 heavy (non-hydrogen) atoms. The molecule has 0 spiro atoms. The first-order valence-corrected chi connectivity index (χ1v) is 12.7. The average molecular weight is 519 g/mol. The summed E-state index contributed by atoms with van der Waals surface area (Å²) in [6, 6.07) is 5.96. The molecule has 0 saturated carbocycles. The minimum absolute atomic E-state index is 0.187. The van der Waals surface area contributed by atoms with Gasteiger partial charge in [-0.15, -0.1) is 0 Å². The van der Waals surface area contributed by atoms with E-state index < -0.39 is 53.7 Å². The van der Waals surface area contributed by atoms with E-state index >= 15 is 0 Å². The van der Waals surface area contributed by atoms with Crippen molar-refractivity contribution in [2.24, 2.45) is 5.73 Å². The Morgan fingerprint density at radius 1 is 1.11 bits per heavy atom. The minimum atomic E-state index is -1.34. The molecule has 0 radical (unpaired) electrons. The highest BCUT2D eigenvalue weighted by atomic mass is 16.5. The summed E-state index contributed by atoms with van der Waals surface area (Å²) in [6.07, 6.45) is -0.233. The fourth-order valence-corrected chi connectivity index (χ4v) is 5.28. The van der Waals surface area contributed by atoms with Gasteiger partial charge in [-0.2, -0.15) is 0 Å². The van der Waals surface area contributed by atoms with Crippen LogP contribution in [0.4, 0.5) is 0 Å². The maximum absolute atomic E-state index is 14.0. The third-order valence-corrected chi connectivity index (χ3v) is 7.37. The van der Waals surface area contributed by atoms with Gasteiger partial charge in [0.15, 0.2) is 6.04 Å². The molecule has 1 aromatic carbocycles. The van der Waals surface area contributed by atoms with Crippen molar-refractivity contribution < 1.29 is 34.1 Å². The third-order valence-electron chi connectivity index (χ3n) is 7.37. The van der Waals surface area contributed by atoms with Gasteiger partial charge in [0.05, 0.1) is 19.3 Å². The van der Waals surface area contributed by atoms with Gasteiger partial charge in [0.2, 0.25) is 17.7 Å². The van der Waals surface area contributed by atoms with E-state index in [4.69, 9.17) is 10.5 Å². The number of hydrogen-bond acceptors (Lipinski definition) is 8. The molecule has 2 heterocycles. The Morgan fingerprint density at radius 2 is 1.78 bits per heavy atom. The molecule has 204 valence electrons. The van der Waals surface area contributed by atoms with Crippen molar-refractivity contribution in [2.75, 3.05) is 20.2 Å². The lowest BCUT2D eigenvalue weighted by Crippen LogP contribution is -2.65. The molecule has 0 bridgehead atoms. The number of ether oxygens (including phenoxy) is 1. The normalized spacial score (nSPS) is 24.8. The lowest BCUT2D eigenvalue weighted by atomic mass is 9.86. The van der Waals surface area contributed by atoms with Crippen LogP contribution < -0.4 is 11.1 Å². The summed E-state index contributed by atoms with van der Waals surface area (Å²) < 4.78 is 4.76. The number of likely N-dealkylation sites (tertiary alicyclic amines) is 2. The lowest BCUT2D eigenvalue weighted by molar-refractivity contribution is -0.155. The van der Waals surface area contributed by atoms with E-state index in [-0.39, 0.29) is 18.9 Å². The number of amides is 3. The summed E-state index contributed by atoms with van der Waals surface area (Å²) in [5, 5.41) is 22.6. The van der Waals surface area contributed by atoms with Gasteiger partial charge in [0.25, 0.3) is 0 Å². The van der Waals surface area contributed by atoms with E-state index in [2.05, 4.69) is 5.32 Å². The number of rotatable bonds is 9. The molecule has 3 rings (SSSR count). The Hall–Kier alpha value is -3.02. The summed E-state index contributed by atoms with van der Waals surface area (Å²) in [5.41, 5.74) is 5.36. The number of nitrogens with two attached hydrogens (primary N) is 1.